The molecule has 1 aromatic carbocycles. The molecule has 0 aliphatic heterocycles. The van der Waals surface area contributed by atoms with Gasteiger partial charge in [-0.3, -0.25) is 0 Å². The maximum atomic E-state index is 12.4. The maximum Gasteiger partial charge on any atom is 0.376 e. The van der Waals surface area contributed by atoms with Crippen molar-refractivity contribution >= 4 is 5.97 Å². The Morgan fingerprint density at radius 2 is 1.62 bits per heavy atom. The van der Waals surface area contributed by atoms with Crippen molar-refractivity contribution in [2.24, 2.45) is 0 Å². The van der Waals surface area contributed by atoms with Crippen molar-refractivity contribution in [3.8, 4) is 0 Å². The Balaban J connectivity index is 1.98. The fourth-order valence-electron chi connectivity index (χ4n) is 2.93. The number of unbranched alkanes of at least 4 members (excludes halogenated alkanes) is 2. The summed E-state index contributed by atoms with van der Waals surface area (Å²) in [5.74, 6) is -0.341. The van der Waals surface area contributed by atoms with Gasteiger partial charge in [-0.2, -0.15) is 0 Å². The first-order valence-electron chi connectivity index (χ1n) is 9.78. The highest BCUT2D eigenvalue weighted by atomic mass is 16.5. The van der Waals surface area contributed by atoms with E-state index in [1.807, 2.05) is 6.92 Å². The van der Waals surface area contributed by atoms with E-state index in [1.54, 1.807) is 12.4 Å². The van der Waals surface area contributed by atoms with Crippen molar-refractivity contribution in [2.45, 2.75) is 71.8 Å². The molecule has 0 amide bonds. The van der Waals surface area contributed by atoms with Crippen LogP contribution in [0.3, 0.4) is 0 Å². The molecule has 4 nitrogen and oxygen atoms in total. The van der Waals surface area contributed by atoms with Gasteiger partial charge in [-0.1, -0.05) is 64.3 Å². The van der Waals surface area contributed by atoms with Crippen LogP contribution >= 0.6 is 0 Å². The molecule has 0 fully saturated rings. The summed E-state index contributed by atoms with van der Waals surface area (Å²) in [5.41, 5.74) is 3.38. The lowest BCUT2D eigenvalue weighted by Crippen LogP contribution is -2.14. The number of carbonyl (C=O) groups is 1. The van der Waals surface area contributed by atoms with E-state index in [4.69, 9.17) is 4.74 Å². The zero-order valence-corrected chi connectivity index (χ0v) is 16.2. The minimum absolute atomic E-state index is 0.125. The standard InChI is InChI=1S/C22H30N2O2/c1-4-7-8-10-17-11-13-19(14-12-17)20(6-3)26-22(25)21-23-15-18(9-5-2)16-24-21/h11-16,20H,4-10H2,1-3H3. The molecular weight excluding hydrogens is 324 g/mol. The lowest BCUT2D eigenvalue weighted by atomic mass is 10.0. The summed E-state index contributed by atoms with van der Waals surface area (Å²) in [5, 5.41) is 0. The summed E-state index contributed by atoms with van der Waals surface area (Å²) >= 11 is 0. The minimum atomic E-state index is -0.466. The number of benzene rings is 1. The third-order valence-corrected chi connectivity index (χ3v) is 4.47. The van der Waals surface area contributed by atoms with Crippen LogP contribution in [0.15, 0.2) is 36.7 Å². The van der Waals surface area contributed by atoms with Gasteiger partial charge in [0.1, 0.15) is 6.10 Å². The molecule has 26 heavy (non-hydrogen) atoms. The number of ether oxygens (including phenoxy) is 1. The van der Waals surface area contributed by atoms with Crippen LogP contribution in [0.1, 0.15) is 86.3 Å². The first-order valence-corrected chi connectivity index (χ1v) is 9.78. The Morgan fingerprint density at radius 3 is 2.19 bits per heavy atom. The second-order valence-corrected chi connectivity index (χ2v) is 6.67. The van der Waals surface area contributed by atoms with Gasteiger partial charge in [-0.05, 0) is 42.4 Å². The second-order valence-electron chi connectivity index (χ2n) is 6.67. The Labute approximate surface area is 157 Å². The zero-order chi connectivity index (χ0) is 18.8. The summed E-state index contributed by atoms with van der Waals surface area (Å²) in [7, 11) is 0. The van der Waals surface area contributed by atoms with E-state index >= 15 is 0 Å². The lowest BCUT2D eigenvalue weighted by molar-refractivity contribution is 0.0273. The molecule has 1 atom stereocenters. The third kappa shape index (κ3) is 5.94. The molecule has 4 heteroatoms. The first-order chi connectivity index (χ1) is 12.7. The molecule has 0 spiro atoms. The highest BCUT2D eigenvalue weighted by Crippen LogP contribution is 2.23. The van der Waals surface area contributed by atoms with Crippen LogP contribution in [0.5, 0.6) is 0 Å². The van der Waals surface area contributed by atoms with Crippen molar-refractivity contribution in [1.29, 1.82) is 0 Å². The van der Waals surface area contributed by atoms with Crippen LogP contribution in [0.4, 0.5) is 0 Å². The first kappa shape index (κ1) is 20.1. The van der Waals surface area contributed by atoms with Gasteiger partial charge in [0, 0.05) is 12.4 Å². The normalized spacial score (nSPS) is 12.0. The van der Waals surface area contributed by atoms with Gasteiger partial charge in [-0.15, -0.1) is 0 Å². The summed E-state index contributed by atoms with van der Waals surface area (Å²) in [6, 6.07) is 8.40. The van der Waals surface area contributed by atoms with E-state index in [2.05, 4.69) is 48.1 Å². The second kappa shape index (κ2) is 10.7. The molecule has 0 saturated carbocycles. The molecule has 1 heterocycles. The van der Waals surface area contributed by atoms with E-state index < -0.39 is 5.97 Å². The van der Waals surface area contributed by atoms with Gasteiger partial charge in [0.25, 0.3) is 0 Å². The summed E-state index contributed by atoms with van der Waals surface area (Å²) in [6.45, 7) is 6.33. The lowest BCUT2D eigenvalue weighted by Gasteiger charge is -2.16. The van der Waals surface area contributed by atoms with Crippen LogP contribution in [-0.2, 0) is 17.6 Å². The Hall–Kier alpha value is -2.23. The number of hydrogen-bond acceptors (Lipinski definition) is 4. The smallest absolute Gasteiger partial charge is 0.376 e. The molecule has 0 radical (unpaired) electrons. The molecule has 0 saturated heterocycles. The number of esters is 1. The van der Waals surface area contributed by atoms with Gasteiger partial charge in [-0.25, -0.2) is 14.8 Å². The predicted octanol–water partition coefficient (Wildman–Crippen LogP) is 5.47. The average Bonchev–Trinajstić information content (AvgIpc) is 2.67. The Kier molecular flexibility index (Phi) is 8.26. The molecule has 0 aliphatic carbocycles. The van der Waals surface area contributed by atoms with Crippen molar-refractivity contribution in [3.63, 3.8) is 0 Å². The monoisotopic (exact) mass is 354 g/mol. The number of carbonyl (C=O) groups excluding carboxylic acids is 1. The van der Waals surface area contributed by atoms with E-state index in [9.17, 15) is 4.79 Å². The quantitative estimate of drug-likeness (QED) is 0.419. The molecule has 140 valence electrons. The van der Waals surface area contributed by atoms with E-state index in [0.717, 1.165) is 36.8 Å². The van der Waals surface area contributed by atoms with E-state index in [0.29, 0.717) is 0 Å². The highest BCUT2D eigenvalue weighted by molar-refractivity contribution is 5.85. The number of aryl methyl sites for hydroxylation is 2. The van der Waals surface area contributed by atoms with Crippen molar-refractivity contribution < 1.29 is 9.53 Å². The van der Waals surface area contributed by atoms with Crippen LogP contribution in [0, 0.1) is 0 Å². The topological polar surface area (TPSA) is 52.1 Å². The fraction of sp³-hybridized carbons (Fsp3) is 0.500. The minimum Gasteiger partial charge on any atom is -0.452 e. The van der Waals surface area contributed by atoms with Crippen LogP contribution in [-0.4, -0.2) is 15.9 Å². The molecule has 2 aromatic rings. The average molecular weight is 354 g/mol. The maximum absolute atomic E-state index is 12.4. The highest BCUT2D eigenvalue weighted by Gasteiger charge is 2.18. The van der Waals surface area contributed by atoms with Crippen LogP contribution in [0.2, 0.25) is 0 Å². The molecule has 0 N–H and O–H groups in total. The summed E-state index contributed by atoms with van der Waals surface area (Å²) in [4.78, 5) is 20.6. The van der Waals surface area contributed by atoms with Crippen molar-refractivity contribution in [1.82, 2.24) is 9.97 Å². The summed E-state index contributed by atoms with van der Waals surface area (Å²) in [6.07, 6.45) is 10.6. The van der Waals surface area contributed by atoms with Gasteiger partial charge >= 0.3 is 5.97 Å². The van der Waals surface area contributed by atoms with Gasteiger partial charge in [0.05, 0.1) is 0 Å². The van der Waals surface area contributed by atoms with Gasteiger partial charge < -0.3 is 4.74 Å². The largest absolute Gasteiger partial charge is 0.452 e. The van der Waals surface area contributed by atoms with Gasteiger partial charge in [0.2, 0.25) is 5.82 Å². The fourth-order valence-corrected chi connectivity index (χ4v) is 2.93. The van der Waals surface area contributed by atoms with Gasteiger partial charge in [0.15, 0.2) is 0 Å². The van der Waals surface area contributed by atoms with Crippen molar-refractivity contribution in [2.75, 3.05) is 0 Å². The Morgan fingerprint density at radius 1 is 0.923 bits per heavy atom. The Bertz CT molecular complexity index is 666. The summed E-state index contributed by atoms with van der Waals surface area (Å²) < 4.78 is 5.65. The molecular formula is C22H30N2O2. The van der Waals surface area contributed by atoms with Crippen LogP contribution < -0.4 is 0 Å². The zero-order valence-electron chi connectivity index (χ0n) is 16.2. The SMILES string of the molecule is CCCCCc1ccc(C(CC)OC(=O)c2ncc(CCC)cn2)cc1. The number of nitrogens with zero attached hydrogens (tertiary/aromatic N) is 2. The number of hydrogen-bond donors (Lipinski definition) is 0. The third-order valence-electron chi connectivity index (χ3n) is 4.47. The molecule has 0 bridgehead atoms. The molecule has 0 aliphatic rings. The van der Waals surface area contributed by atoms with Crippen LogP contribution in [0.25, 0.3) is 0 Å². The van der Waals surface area contributed by atoms with Crippen molar-refractivity contribution in [3.05, 3.63) is 59.2 Å². The molecule has 2 rings (SSSR count). The molecule has 1 unspecified atom stereocenters. The van der Waals surface area contributed by atoms with E-state index in [1.165, 1.54) is 24.8 Å². The predicted molar refractivity (Wildman–Crippen MR) is 104 cm³/mol. The van der Waals surface area contributed by atoms with E-state index in [-0.39, 0.29) is 11.9 Å². The molecule has 1 aromatic heterocycles. The number of rotatable bonds is 10. The number of aromatic nitrogens is 2.